The van der Waals surface area contributed by atoms with Crippen LogP contribution in [0.25, 0.3) is 0 Å². The van der Waals surface area contributed by atoms with Crippen LogP contribution < -0.4 is 4.72 Å². The molecule has 0 spiro atoms. The first-order chi connectivity index (χ1) is 9.47. The van der Waals surface area contributed by atoms with Gasteiger partial charge in [-0.25, -0.2) is 21.9 Å². The SMILES string of the molecule is Cc1c(C(F)(F)F)cccc1S(=O)(=O)NCC(O)C(F)F. The maximum absolute atomic E-state index is 12.7. The van der Waals surface area contributed by atoms with Crippen molar-refractivity contribution in [1.29, 1.82) is 0 Å². The Morgan fingerprint density at radius 2 is 1.86 bits per heavy atom. The Labute approximate surface area is 117 Å². The lowest BCUT2D eigenvalue weighted by molar-refractivity contribution is -0.138. The van der Waals surface area contributed by atoms with Crippen LogP contribution in [-0.2, 0) is 16.2 Å². The molecule has 0 fully saturated rings. The number of halogens is 5. The minimum Gasteiger partial charge on any atom is -0.386 e. The zero-order chi connectivity index (χ0) is 16.4. The molecular formula is C11H12F5NO3S. The van der Waals surface area contributed by atoms with E-state index in [2.05, 4.69) is 0 Å². The van der Waals surface area contributed by atoms with Crippen LogP contribution in [0.2, 0.25) is 0 Å². The Kier molecular flexibility index (Phi) is 5.29. The van der Waals surface area contributed by atoms with E-state index < -0.39 is 51.3 Å². The van der Waals surface area contributed by atoms with Crippen LogP contribution in [0.4, 0.5) is 22.0 Å². The third kappa shape index (κ3) is 4.35. The highest BCUT2D eigenvalue weighted by molar-refractivity contribution is 7.89. The lowest BCUT2D eigenvalue weighted by Crippen LogP contribution is -2.36. The molecule has 21 heavy (non-hydrogen) atoms. The minimum absolute atomic E-state index is 0.552. The summed E-state index contributed by atoms with van der Waals surface area (Å²) in [5.74, 6) is 0. The second kappa shape index (κ2) is 6.24. The number of aliphatic hydroxyl groups excluding tert-OH is 1. The van der Waals surface area contributed by atoms with Gasteiger partial charge in [0.15, 0.2) is 0 Å². The predicted octanol–water partition coefficient (Wildman–Crippen LogP) is 1.92. The van der Waals surface area contributed by atoms with Gasteiger partial charge in [-0.05, 0) is 24.6 Å². The Bertz CT molecular complexity index is 600. The lowest BCUT2D eigenvalue weighted by Gasteiger charge is -2.15. The molecule has 1 aromatic carbocycles. The van der Waals surface area contributed by atoms with E-state index in [-0.39, 0.29) is 0 Å². The van der Waals surface area contributed by atoms with Crippen molar-refractivity contribution < 1.29 is 35.5 Å². The summed E-state index contributed by atoms with van der Waals surface area (Å²) >= 11 is 0. The van der Waals surface area contributed by atoms with Gasteiger partial charge in [-0.1, -0.05) is 6.07 Å². The van der Waals surface area contributed by atoms with E-state index in [1.807, 2.05) is 0 Å². The van der Waals surface area contributed by atoms with E-state index in [0.717, 1.165) is 19.1 Å². The van der Waals surface area contributed by atoms with Crippen LogP contribution in [0.3, 0.4) is 0 Å². The molecule has 0 aliphatic heterocycles. The van der Waals surface area contributed by atoms with E-state index in [4.69, 9.17) is 5.11 Å². The van der Waals surface area contributed by atoms with Crippen LogP contribution >= 0.6 is 0 Å². The van der Waals surface area contributed by atoms with Gasteiger partial charge in [-0.15, -0.1) is 0 Å². The fourth-order valence-electron chi connectivity index (χ4n) is 1.57. The topological polar surface area (TPSA) is 66.4 Å². The van der Waals surface area contributed by atoms with E-state index in [1.54, 1.807) is 4.72 Å². The highest BCUT2D eigenvalue weighted by Crippen LogP contribution is 2.34. The normalized spacial score (nSPS) is 14.5. The van der Waals surface area contributed by atoms with Gasteiger partial charge in [0.2, 0.25) is 10.0 Å². The molecule has 1 aromatic rings. The minimum atomic E-state index is -4.74. The fraction of sp³-hybridized carbons (Fsp3) is 0.455. The first kappa shape index (κ1) is 17.8. The Hall–Kier alpha value is -1.26. The molecule has 2 N–H and O–H groups in total. The van der Waals surface area contributed by atoms with Crippen molar-refractivity contribution in [3.8, 4) is 0 Å². The molecule has 0 saturated heterocycles. The predicted molar refractivity (Wildman–Crippen MR) is 63.4 cm³/mol. The maximum atomic E-state index is 12.7. The highest BCUT2D eigenvalue weighted by Gasteiger charge is 2.34. The number of benzene rings is 1. The largest absolute Gasteiger partial charge is 0.416 e. The summed E-state index contributed by atoms with van der Waals surface area (Å²) in [7, 11) is -4.45. The smallest absolute Gasteiger partial charge is 0.386 e. The van der Waals surface area contributed by atoms with Crippen molar-refractivity contribution in [1.82, 2.24) is 4.72 Å². The molecule has 1 rings (SSSR count). The third-order valence-corrected chi connectivity index (χ3v) is 4.22. The monoisotopic (exact) mass is 333 g/mol. The summed E-state index contributed by atoms with van der Waals surface area (Å²) in [4.78, 5) is -0.682. The Morgan fingerprint density at radius 1 is 1.29 bits per heavy atom. The van der Waals surface area contributed by atoms with Crippen LogP contribution in [0, 0.1) is 6.92 Å². The van der Waals surface area contributed by atoms with Crippen LogP contribution in [0.5, 0.6) is 0 Å². The van der Waals surface area contributed by atoms with Gasteiger partial charge in [-0.2, -0.15) is 13.2 Å². The molecule has 0 amide bonds. The van der Waals surface area contributed by atoms with Crippen molar-refractivity contribution in [3.05, 3.63) is 29.3 Å². The van der Waals surface area contributed by atoms with Crippen LogP contribution in [0.1, 0.15) is 11.1 Å². The molecular weight excluding hydrogens is 321 g/mol. The zero-order valence-electron chi connectivity index (χ0n) is 10.7. The van der Waals surface area contributed by atoms with Gasteiger partial charge in [0.25, 0.3) is 6.43 Å². The summed E-state index contributed by atoms with van der Waals surface area (Å²) in [6, 6.07) is 2.53. The van der Waals surface area contributed by atoms with Gasteiger partial charge in [0.1, 0.15) is 6.10 Å². The average molecular weight is 333 g/mol. The third-order valence-electron chi connectivity index (χ3n) is 2.65. The van der Waals surface area contributed by atoms with Crippen LogP contribution in [0.15, 0.2) is 23.1 Å². The average Bonchev–Trinajstić information content (AvgIpc) is 2.34. The van der Waals surface area contributed by atoms with Crippen molar-refractivity contribution >= 4 is 10.0 Å². The van der Waals surface area contributed by atoms with E-state index >= 15 is 0 Å². The second-order valence-electron chi connectivity index (χ2n) is 4.18. The first-order valence-corrected chi connectivity index (χ1v) is 7.08. The van der Waals surface area contributed by atoms with Crippen molar-refractivity contribution in [2.75, 3.05) is 6.54 Å². The number of sulfonamides is 1. The van der Waals surface area contributed by atoms with Crippen LogP contribution in [-0.4, -0.2) is 32.6 Å². The maximum Gasteiger partial charge on any atom is 0.416 e. The fourth-order valence-corrected chi connectivity index (χ4v) is 2.89. The summed E-state index contributed by atoms with van der Waals surface area (Å²) in [6.07, 6.45) is -10.2. The molecule has 0 aromatic heterocycles. The number of hydrogen-bond acceptors (Lipinski definition) is 3. The van der Waals surface area contributed by atoms with E-state index in [1.165, 1.54) is 0 Å². The first-order valence-electron chi connectivity index (χ1n) is 5.59. The number of rotatable bonds is 5. The van der Waals surface area contributed by atoms with E-state index in [9.17, 15) is 30.4 Å². The van der Waals surface area contributed by atoms with Gasteiger partial charge < -0.3 is 5.11 Å². The summed E-state index contributed by atoms with van der Waals surface area (Å²) in [6.45, 7) is -0.0450. The standard InChI is InChI=1S/C11H12F5NO3S/c1-6-7(11(14,15)16)3-2-4-9(6)21(19,20)17-5-8(18)10(12)13/h2-4,8,10,17-18H,5H2,1H3. The molecule has 4 nitrogen and oxygen atoms in total. The molecule has 10 heteroatoms. The van der Waals surface area contributed by atoms with E-state index in [0.29, 0.717) is 6.07 Å². The molecule has 120 valence electrons. The van der Waals surface area contributed by atoms with Crippen molar-refractivity contribution in [3.63, 3.8) is 0 Å². The number of alkyl halides is 5. The molecule has 1 atom stereocenters. The molecule has 0 aliphatic carbocycles. The highest BCUT2D eigenvalue weighted by atomic mass is 32.2. The molecule has 0 bridgehead atoms. The van der Waals surface area contributed by atoms with Gasteiger partial charge >= 0.3 is 6.18 Å². The Balaban J connectivity index is 3.10. The zero-order valence-corrected chi connectivity index (χ0v) is 11.5. The second-order valence-corrected chi connectivity index (χ2v) is 5.92. The lowest BCUT2D eigenvalue weighted by atomic mass is 10.1. The molecule has 0 saturated carbocycles. The summed E-state index contributed by atoms with van der Waals surface area (Å²) in [5, 5.41) is 8.83. The summed E-state index contributed by atoms with van der Waals surface area (Å²) in [5.41, 5.74) is -1.69. The molecule has 1 unspecified atom stereocenters. The van der Waals surface area contributed by atoms with Gasteiger partial charge in [0, 0.05) is 6.54 Å². The number of hydrogen-bond donors (Lipinski definition) is 2. The van der Waals surface area contributed by atoms with Gasteiger partial charge in [-0.3, -0.25) is 0 Å². The van der Waals surface area contributed by atoms with Crippen molar-refractivity contribution in [2.24, 2.45) is 0 Å². The number of nitrogens with one attached hydrogen (secondary N) is 1. The molecule has 0 aliphatic rings. The van der Waals surface area contributed by atoms with Crippen molar-refractivity contribution in [2.45, 2.75) is 30.5 Å². The quantitative estimate of drug-likeness (QED) is 0.809. The van der Waals surface area contributed by atoms with Gasteiger partial charge in [0.05, 0.1) is 10.5 Å². The molecule has 0 radical (unpaired) electrons. The number of aliphatic hydroxyl groups is 1. The Morgan fingerprint density at radius 3 is 2.33 bits per heavy atom. The molecule has 0 heterocycles. The summed E-state index contributed by atoms with van der Waals surface area (Å²) < 4.78 is 87.5.